The molecule has 0 radical (unpaired) electrons. The second kappa shape index (κ2) is 6.95. The van der Waals surface area contributed by atoms with Crippen LogP contribution in [-0.2, 0) is 13.6 Å². The van der Waals surface area contributed by atoms with E-state index in [0.29, 0.717) is 0 Å². The fourth-order valence-electron chi connectivity index (χ4n) is 2.86. The normalized spacial score (nSPS) is 15.9. The van der Waals surface area contributed by atoms with E-state index in [2.05, 4.69) is 43.2 Å². The standard InChI is InChI=1S/C16H25N7/c1-4-17-15-11-13(2)19-16(20-15)23-9-7-22(8-10-23)12-14-5-6-18-21(14)3/h5-6,11H,4,7-10,12H2,1-3H3,(H,17,19,20). The summed E-state index contributed by atoms with van der Waals surface area (Å²) in [4.78, 5) is 14.0. The van der Waals surface area contributed by atoms with E-state index in [4.69, 9.17) is 0 Å². The van der Waals surface area contributed by atoms with Crippen LogP contribution in [0.15, 0.2) is 18.3 Å². The van der Waals surface area contributed by atoms with Gasteiger partial charge in [0.2, 0.25) is 5.95 Å². The molecule has 124 valence electrons. The van der Waals surface area contributed by atoms with Crippen molar-refractivity contribution in [3.8, 4) is 0 Å². The summed E-state index contributed by atoms with van der Waals surface area (Å²) in [5.74, 6) is 1.74. The summed E-state index contributed by atoms with van der Waals surface area (Å²) in [6.07, 6.45) is 1.86. The Bertz CT molecular complexity index is 644. The van der Waals surface area contributed by atoms with Crippen molar-refractivity contribution >= 4 is 11.8 Å². The molecular formula is C16H25N7. The molecule has 2 aromatic heterocycles. The average Bonchev–Trinajstić information content (AvgIpc) is 2.93. The lowest BCUT2D eigenvalue weighted by molar-refractivity contribution is 0.242. The average molecular weight is 315 g/mol. The van der Waals surface area contributed by atoms with Crippen LogP contribution in [0.4, 0.5) is 11.8 Å². The number of hydrogen-bond acceptors (Lipinski definition) is 6. The van der Waals surface area contributed by atoms with Gasteiger partial charge in [0, 0.05) is 64.3 Å². The maximum atomic E-state index is 4.63. The summed E-state index contributed by atoms with van der Waals surface area (Å²) in [5.41, 5.74) is 2.25. The molecule has 0 saturated carbocycles. The van der Waals surface area contributed by atoms with Crippen molar-refractivity contribution in [1.82, 2.24) is 24.6 Å². The van der Waals surface area contributed by atoms with Crippen LogP contribution in [0, 0.1) is 6.92 Å². The topological polar surface area (TPSA) is 62.1 Å². The molecule has 3 heterocycles. The van der Waals surface area contributed by atoms with Crippen molar-refractivity contribution < 1.29 is 0 Å². The molecule has 0 bridgehead atoms. The lowest BCUT2D eigenvalue weighted by Gasteiger charge is -2.34. The molecule has 1 N–H and O–H groups in total. The molecular weight excluding hydrogens is 290 g/mol. The van der Waals surface area contributed by atoms with Crippen LogP contribution in [0.5, 0.6) is 0 Å². The predicted octanol–water partition coefficient (Wildman–Crippen LogP) is 1.27. The van der Waals surface area contributed by atoms with Gasteiger partial charge in [0.1, 0.15) is 5.82 Å². The molecule has 0 aromatic carbocycles. The fraction of sp³-hybridized carbons (Fsp3) is 0.562. The predicted molar refractivity (Wildman–Crippen MR) is 91.6 cm³/mol. The van der Waals surface area contributed by atoms with Gasteiger partial charge in [-0.05, 0) is 19.9 Å². The van der Waals surface area contributed by atoms with Crippen LogP contribution in [0.25, 0.3) is 0 Å². The first-order valence-electron chi connectivity index (χ1n) is 8.19. The molecule has 0 aliphatic carbocycles. The number of piperazine rings is 1. The lowest BCUT2D eigenvalue weighted by atomic mass is 10.3. The van der Waals surface area contributed by atoms with E-state index in [1.54, 1.807) is 0 Å². The molecule has 0 unspecified atom stereocenters. The zero-order valence-electron chi connectivity index (χ0n) is 14.2. The van der Waals surface area contributed by atoms with Gasteiger partial charge in [-0.1, -0.05) is 0 Å². The van der Waals surface area contributed by atoms with Gasteiger partial charge in [0.15, 0.2) is 0 Å². The molecule has 1 fully saturated rings. The molecule has 1 saturated heterocycles. The third-order valence-corrected chi connectivity index (χ3v) is 4.16. The number of rotatable bonds is 5. The largest absolute Gasteiger partial charge is 0.370 e. The van der Waals surface area contributed by atoms with Crippen molar-refractivity contribution in [2.45, 2.75) is 20.4 Å². The molecule has 0 spiro atoms. The second-order valence-corrected chi connectivity index (χ2v) is 5.93. The van der Waals surface area contributed by atoms with E-state index in [1.165, 1.54) is 5.69 Å². The lowest BCUT2D eigenvalue weighted by Crippen LogP contribution is -2.46. The summed E-state index contributed by atoms with van der Waals surface area (Å²) in [6, 6.07) is 4.07. The minimum atomic E-state index is 0.834. The highest BCUT2D eigenvalue weighted by Gasteiger charge is 2.20. The molecule has 7 heteroatoms. The number of aromatic nitrogens is 4. The van der Waals surface area contributed by atoms with E-state index < -0.39 is 0 Å². The summed E-state index contributed by atoms with van der Waals surface area (Å²) >= 11 is 0. The van der Waals surface area contributed by atoms with Crippen LogP contribution < -0.4 is 10.2 Å². The quantitative estimate of drug-likeness (QED) is 0.897. The Morgan fingerprint density at radius 3 is 2.61 bits per heavy atom. The highest BCUT2D eigenvalue weighted by Crippen LogP contribution is 2.16. The van der Waals surface area contributed by atoms with Crippen LogP contribution >= 0.6 is 0 Å². The fourth-order valence-corrected chi connectivity index (χ4v) is 2.86. The summed E-state index contributed by atoms with van der Waals surface area (Å²) in [5, 5.41) is 7.51. The van der Waals surface area contributed by atoms with Crippen molar-refractivity contribution in [2.75, 3.05) is 42.9 Å². The molecule has 1 aliphatic rings. The highest BCUT2D eigenvalue weighted by atomic mass is 15.3. The third kappa shape index (κ3) is 3.79. The summed E-state index contributed by atoms with van der Waals surface area (Å²) in [6.45, 7) is 9.84. The number of hydrogen-bond donors (Lipinski definition) is 1. The monoisotopic (exact) mass is 315 g/mol. The van der Waals surface area contributed by atoms with E-state index in [0.717, 1.165) is 56.7 Å². The Balaban J connectivity index is 1.61. The first-order valence-corrected chi connectivity index (χ1v) is 8.19. The SMILES string of the molecule is CCNc1cc(C)nc(N2CCN(Cc3ccnn3C)CC2)n1. The molecule has 1 aliphatic heterocycles. The summed E-state index contributed by atoms with van der Waals surface area (Å²) < 4.78 is 1.94. The van der Waals surface area contributed by atoms with Gasteiger partial charge in [-0.3, -0.25) is 9.58 Å². The van der Waals surface area contributed by atoms with Gasteiger partial charge in [0.25, 0.3) is 0 Å². The Morgan fingerprint density at radius 2 is 1.96 bits per heavy atom. The van der Waals surface area contributed by atoms with Crippen LogP contribution in [0.2, 0.25) is 0 Å². The Kier molecular flexibility index (Phi) is 4.76. The zero-order valence-corrected chi connectivity index (χ0v) is 14.2. The van der Waals surface area contributed by atoms with E-state index >= 15 is 0 Å². The molecule has 0 atom stereocenters. The molecule has 7 nitrogen and oxygen atoms in total. The molecule has 0 amide bonds. The molecule has 2 aromatic rings. The van der Waals surface area contributed by atoms with Gasteiger partial charge in [-0.15, -0.1) is 0 Å². The van der Waals surface area contributed by atoms with E-state index in [9.17, 15) is 0 Å². The van der Waals surface area contributed by atoms with E-state index in [-0.39, 0.29) is 0 Å². The van der Waals surface area contributed by atoms with Crippen LogP contribution in [-0.4, -0.2) is 57.4 Å². The Morgan fingerprint density at radius 1 is 1.17 bits per heavy atom. The second-order valence-electron chi connectivity index (χ2n) is 5.93. The molecule has 23 heavy (non-hydrogen) atoms. The number of nitrogens with zero attached hydrogens (tertiary/aromatic N) is 6. The van der Waals surface area contributed by atoms with Crippen molar-refractivity contribution in [2.24, 2.45) is 7.05 Å². The number of nitrogens with one attached hydrogen (secondary N) is 1. The zero-order chi connectivity index (χ0) is 16.2. The first kappa shape index (κ1) is 15.7. The number of aryl methyl sites for hydroxylation is 2. The van der Waals surface area contributed by atoms with Crippen LogP contribution in [0.3, 0.4) is 0 Å². The minimum Gasteiger partial charge on any atom is -0.370 e. The minimum absolute atomic E-state index is 0.834. The van der Waals surface area contributed by atoms with Crippen molar-refractivity contribution in [3.63, 3.8) is 0 Å². The van der Waals surface area contributed by atoms with Crippen molar-refractivity contribution in [1.29, 1.82) is 0 Å². The number of anilines is 2. The smallest absolute Gasteiger partial charge is 0.227 e. The van der Waals surface area contributed by atoms with Gasteiger partial charge < -0.3 is 10.2 Å². The first-order chi connectivity index (χ1) is 11.2. The van der Waals surface area contributed by atoms with Gasteiger partial charge >= 0.3 is 0 Å². The van der Waals surface area contributed by atoms with Crippen molar-refractivity contribution in [3.05, 3.63) is 29.7 Å². The van der Waals surface area contributed by atoms with Crippen LogP contribution in [0.1, 0.15) is 18.3 Å². The van der Waals surface area contributed by atoms with E-state index in [1.807, 2.05) is 30.9 Å². The summed E-state index contributed by atoms with van der Waals surface area (Å²) in [7, 11) is 1.99. The highest BCUT2D eigenvalue weighted by molar-refractivity contribution is 5.43. The third-order valence-electron chi connectivity index (χ3n) is 4.16. The maximum absolute atomic E-state index is 4.63. The van der Waals surface area contributed by atoms with Gasteiger partial charge in [-0.25, -0.2) is 4.98 Å². The molecule has 3 rings (SSSR count). The van der Waals surface area contributed by atoms with Gasteiger partial charge in [-0.2, -0.15) is 10.1 Å². The maximum Gasteiger partial charge on any atom is 0.227 e. The van der Waals surface area contributed by atoms with Gasteiger partial charge in [0.05, 0.1) is 5.69 Å². The Labute approximate surface area is 137 Å². The Hall–Kier alpha value is -2.15.